The van der Waals surface area contributed by atoms with Gasteiger partial charge in [-0.05, 0) is 47.9 Å². The summed E-state index contributed by atoms with van der Waals surface area (Å²) in [6.45, 7) is 0.0120. The lowest BCUT2D eigenvalue weighted by Crippen LogP contribution is -2.23. The second-order valence-electron chi connectivity index (χ2n) is 8.87. The van der Waals surface area contributed by atoms with Crippen LogP contribution in [0.1, 0.15) is 23.2 Å². The summed E-state index contributed by atoms with van der Waals surface area (Å²) >= 11 is 6.43. The maximum atomic E-state index is 13.0. The first kappa shape index (κ1) is 25.5. The molecule has 1 N–H and O–H groups in total. The number of rotatable bonds is 7. The van der Waals surface area contributed by atoms with Crippen LogP contribution in [0.4, 0.5) is 13.2 Å². The predicted molar refractivity (Wildman–Crippen MR) is 143 cm³/mol. The number of amides is 1. The van der Waals surface area contributed by atoms with Gasteiger partial charge in [0.15, 0.2) is 0 Å². The molecule has 5 rings (SSSR count). The van der Waals surface area contributed by atoms with Gasteiger partial charge in [0.25, 0.3) is 0 Å². The number of pyridine rings is 1. The highest BCUT2D eigenvalue weighted by Crippen LogP contribution is 2.31. The molecule has 8 heteroatoms. The van der Waals surface area contributed by atoms with Crippen LogP contribution < -0.4 is 5.32 Å². The van der Waals surface area contributed by atoms with Crippen LogP contribution in [0.15, 0.2) is 97.2 Å². The number of aryl methyl sites for hydroxylation is 1. The molecule has 5 aromatic rings. The fraction of sp³-hybridized carbons (Fsp3) is 0.133. The number of carbonyl (C=O) groups is 1. The van der Waals surface area contributed by atoms with E-state index < -0.39 is 11.7 Å². The topological polar surface area (TPSA) is 46.4 Å². The molecule has 0 aliphatic heterocycles. The number of imidazole rings is 1. The number of nitrogens with one attached hydrogen (secondary N) is 1. The van der Waals surface area contributed by atoms with Crippen molar-refractivity contribution in [2.24, 2.45) is 0 Å². The van der Waals surface area contributed by atoms with Crippen molar-refractivity contribution in [3.63, 3.8) is 0 Å². The van der Waals surface area contributed by atoms with Gasteiger partial charge in [0, 0.05) is 35.3 Å². The Kier molecular flexibility index (Phi) is 7.20. The van der Waals surface area contributed by atoms with E-state index in [4.69, 9.17) is 16.6 Å². The number of aromatic nitrogens is 2. The van der Waals surface area contributed by atoms with Crippen molar-refractivity contribution in [3.05, 3.63) is 119 Å². The van der Waals surface area contributed by atoms with Crippen molar-refractivity contribution < 1.29 is 18.0 Å². The molecule has 0 saturated carbocycles. The summed E-state index contributed by atoms with van der Waals surface area (Å²) < 4.78 is 41.0. The number of benzene rings is 3. The molecule has 0 fully saturated rings. The van der Waals surface area contributed by atoms with E-state index in [1.165, 1.54) is 6.07 Å². The van der Waals surface area contributed by atoms with E-state index in [0.717, 1.165) is 45.9 Å². The molecule has 0 bridgehead atoms. The zero-order valence-electron chi connectivity index (χ0n) is 20.2. The van der Waals surface area contributed by atoms with Crippen molar-refractivity contribution in [2.45, 2.75) is 25.6 Å². The zero-order chi connectivity index (χ0) is 26.7. The van der Waals surface area contributed by atoms with E-state index in [1.54, 1.807) is 6.07 Å². The smallest absolute Gasteiger partial charge is 0.352 e. The molecule has 3 aromatic carbocycles. The first-order chi connectivity index (χ1) is 18.3. The number of carbonyl (C=O) groups excluding carboxylic acids is 1. The Morgan fingerprint density at radius 3 is 2.42 bits per heavy atom. The van der Waals surface area contributed by atoms with Crippen molar-refractivity contribution >= 4 is 23.2 Å². The minimum absolute atomic E-state index is 0.0120. The highest BCUT2D eigenvalue weighted by molar-refractivity contribution is 6.33. The van der Waals surface area contributed by atoms with Gasteiger partial charge in [-0.3, -0.25) is 4.79 Å². The quantitative estimate of drug-likeness (QED) is 0.234. The number of hydrogen-bond acceptors (Lipinski definition) is 2. The zero-order valence-corrected chi connectivity index (χ0v) is 20.9. The van der Waals surface area contributed by atoms with Crippen molar-refractivity contribution in [3.8, 4) is 22.4 Å². The molecule has 0 aliphatic carbocycles. The van der Waals surface area contributed by atoms with Gasteiger partial charge in [0.1, 0.15) is 5.65 Å². The number of nitrogens with zero attached hydrogens (tertiary/aromatic N) is 2. The average Bonchev–Trinajstić information content (AvgIpc) is 3.29. The molecular weight excluding hydrogens is 511 g/mol. The van der Waals surface area contributed by atoms with E-state index in [1.807, 2.05) is 77.3 Å². The van der Waals surface area contributed by atoms with E-state index in [-0.39, 0.29) is 18.9 Å². The summed E-state index contributed by atoms with van der Waals surface area (Å²) in [5.41, 5.74) is 4.73. The largest absolute Gasteiger partial charge is 0.416 e. The maximum absolute atomic E-state index is 13.0. The SMILES string of the molecule is O=C(CCc1c(-c2ccccc2)nc2ccc(-c3ccccc3Cl)cn12)NCc1cccc(C(F)(F)F)c1. The van der Waals surface area contributed by atoms with Crippen molar-refractivity contribution in [2.75, 3.05) is 0 Å². The number of halogens is 4. The molecule has 38 heavy (non-hydrogen) atoms. The van der Waals surface area contributed by atoms with Crippen LogP contribution in [0, 0.1) is 0 Å². The van der Waals surface area contributed by atoms with Crippen molar-refractivity contribution in [1.82, 2.24) is 14.7 Å². The lowest BCUT2D eigenvalue weighted by molar-refractivity contribution is -0.137. The highest BCUT2D eigenvalue weighted by atomic mass is 35.5. The molecule has 192 valence electrons. The molecule has 0 atom stereocenters. The van der Waals surface area contributed by atoms with E-state index in [2.05, 4.69) is 5.32 Å². The van der Waals surface area contributed by atoms with Crippen LogP contribution in [-0.4, -0.2) is 15.3 Å². The summed E-state index contributed by atoms with van der Waals surface area (Å²) in [7, 11) is 0. The molecule has 2 heterocycles. The minimum atomic E-state index is -4.43. The minimum Gasteiger partial charge on any atom is -0.352 e. The molecule has 0 aliphatic rings. The van der Waals surface area contributed by atoms with Crippen LogP contribution in [0.5, 0.6) is 0 Å². The number of fused-ring (bicyclic) bond motifs is 1. The fourth-order valence-electron chi connectivity index (χ4n) is 4.39. The lowest BCUT2D eigenvalue weighted by Gasteiger charge is -2.11. The van der Waals surface area contributed by atoms with Gasteiger partial charge < -0.3 is 9.72 Å². The van der Waals surface area contributed by atoms with Crippen molar-refractivity contribution in [1.29, 1.82) is 0 Å². The fourth-order valence-corrected chi connectivity index (χ4v) is 4.64. The Morgan fingerprint density at radius 1 is 0.895 bits per heavy atom. The molecule has 0 radical (unpaired) electrons. The summed E-state index contributed by atoms with van der Waals surface area (Å²) in [5.74, 6) is -0.265. The molecule has 0 spiro atoms. The Bertz CT molecular complexity index is 1600. The predicted octanol–water partition coefficient (Wildman–Crippen LogP) is 7.59. The van der Waals surface area contributed by atoms with Crippen LogP contribution in [0.3, 0.4) is 0 Å². The third kappa shape index (κ3) is 5.58. The third-order valence-electron chi connectivity index (χ3n) is 6.28. The van der Waals surface area contributed by atoms with E-state index in [9.17, 15) is 18.0 Å². The standard InChI is InChI=1S/C30H23ClF3N3O/c31-25-12-5-4-11-24(25)22-13-15-27-36-29(21-8-2-1-3-9-21)26(37(27)19-22)14-16-28(38)35-18-20-7-6-10-23(17-20)30(32,33)34/h1-13,15,17,19H,14,16,18H2,(H,35,38). The molecule has 0 saturated heterocycles. The summed E-state index contributed by atoms with van der Waals surface area (Å²) in [6.07, 6.45) is -1.94. The van der Waals surface area contributed by atoms with Gasteiger partial charge >= 0.3 is 6.18 Å². The summed E-state index contributed by atoms with van der Waals surface area (Å²) in [5, 5.41) is 3.37. The van der Waals surface area contributed by atoms with E-state index >= 15 is 0 Å². The number of hydrogen-bond donors (Lipinski definition) is 1. The molecule has 4 nitrogen and oxygen atoms in total. The second-order valence-corrected chi connectivity index (χ2v) is 9.28. The van der Waals surface area contributed by atoms with Crippen LogP contribution >= 0.6 is 11.6 Å². The van der Waals surface area contributed by atoms with Crippen LogP contribution in [0.25, 0.3) is 28.0 Å². The Balaban J connectivity index is 1.40. The lowest BCUT2D eigenvalue weighted by atomic mass is 10.1. The second kappa shape index (κ2) is 10.7. The normalized spacial score (nSPS) is 11.6. The Hall–Kier alpha value is -4.10. The Morgan fingerprint density at radius 2 is 1.66 bits per heavy atom. The van der Waals surface area contributed by atoms with Crippen LogP contribution in [-0.2, 0) is 23.9 Å². The molecule has 1 amide bonds. The third-order valence-corrected chi connectivity index (χ3v) is 6.61. The first-order valence-electron chi connectivity index (χ1n) is 12.0. The molecule has 2 aromatic heterocycles. The Labute approximate surface area is 222 Å². The van der Waals surface area contributed by atoms with E-state index in [0.29, 0.717) is 17.0 Å². The monoisotopic (exact) mass is 533 g/mol. The van der Waals surface area contributed by atoms with Gasteiger partial charge in [-0.2, -0.15) is 13.2 Å². The van der Waals surface area contributed by atoms with Gasteiger partial charge in [-0.1, -0.05) is 72.3 Å². The maximum Gasteiger partial charge on any atom is 0.416 e. The van der Waals surface area contributed by atoms with Gasteiger partial charge in [-0.25, -0.2) is 4.98 Å². The van der Waals surface area contributed by atoms with Gasteiger partial charge in [0.2, 0.25) is 5.91 Å². The summed E-state index contributed by atoms with van der Waals surface area (Å²) in [6, 6.07) is 26.1. The highest BCUT2D eigenvalue weighted by Gasteiger charge is 2.30. The molecule has 0 unspecified atom stereocenters. The summed E-state index contributed by atoms with van der Waals surface area (Å²) in [4.78, 5) is 17.6. The first-order valence-corrected chi connectivity index (χ1v) is 12.4. The van der Waals surface area contributed by atoms with Gasteiger partial charge in [0.05, 0.1) is 17.0 Å². The van der Waals surface area contributed by atoms with Crippen LogP contribution in [0.2, 0.25) is 5.02 Å². The average molecular weight is 534 g/mol. The molecular formula is C30H23ClF3N3O. The van der Waals surface area contributed by atoms with Gasteiger partial charge in [-0.15, -0.1) is 0 Å². The number of alkyl halides is 3.